The van der Waals surface area contributed by atoms with Gasteiger partial charge >= 0.3 is 0 Å². The first-order valence-electron chi connectivity index (χ1n) is 7.83. The molecule has 3 nitrogen and oxygen atoms in total. The number of hydrogen-bond acceptors (Lipinski definition) is 2. The van der Waals surface area contributed by atoms with E-state index in [1.54, 1.807) is 0 Å². The maximum Gasteiger partial charge on any atom is 0.133 e. The van der Waals surface area contributed by atoms with Crippen molar-refractivity contribution in [3.63, 3.8) is 0 Å². The minimum atomic E-state index is 0.739. The van der Waals surface area contributed by atoms with Crippen molar-refractivity contribution in [2.45, 2.75) is 20.3 Å². The van der Waals surface area contributed by atoms with E-state index in [2.05, 4.69) is 43.4 Å². The van der Waals surface area contributed by atoms with E-state index in [1.165, 1.54) is 16.7 Å². The Balaban J connectivity index is 1.89. The van der Waals surface area contributed by atoms with E-state index < -0.39 is 0 Å². The highest BCUT2D eigenvalue weighted by Gasteiger charge is 2.24. The number of halogens is 1. The minimum absolute atomic E-state index is 0.739. The molecular formula is C19H18ClN3. The van der Waals surface area contributed by atoms with E-state index in [4.69, 9.17) is 16.7 Å². The molecule has 1 aromatic heterocycles. The fraction of sp³-hybridized carbons (Fsp3) is 0.211. The summed E-state index contributed by atoms with van der Waals surface area (Å²) >= 11 is 6.16. The van der Waals surface area contributed by atoms with Crippen LogP contribution in [0.3, 0.4) is 0 Å². The van der Waals surface area contributed by atoms with Gasteiger partial charge in [0.1, 0.15) is 5.82 Å². The summed E-state index contributed by atoms with van der Waals surface area (Å²) in [6.45, 7) is 5.21. The minimum Gasteiger partial charge on any atom is -0.369 e. The zero-order valence-electron chi connectivity index (χ0n) is 13.2. The second-order valence-electron chi connectivity index (χ2n) is 6.04. The van der Waals surface area contributed by atoms with Gasteiger partial charge in [0.15, 0.2) is 0 Å². The highest BCUT2D eigenvalue weighted by molar-refractivity contribution is 6.30. The van der Waals surface area contributed by atoms with Crippen molar-refractivity contribution in [2.75, 3.05) is 11.9 Å². The van der Waals surface area contributed by atoms with Crippen LogP contribution in [0.4, 0.5) is 5.82 Å². The van der Waals surface area contributed by atoms with Crippen molar-refractivity contribution in [1.29, 1.82) is 0 Å². The van der Waals surface area contributed by atoms with Gasteiger partial charge < -0.3 is 5.32 Å². The molecule has 1 aliphatic heterocycles. The average Bonchev–Trinajstić information content (AvgIpc) is 3.12. The van der Waals surface area contributed by atoms with Crippen LogP contribution in [0.2, 0.25) is 5.02 Å². The van der Waals surface area contributed by atoms with Crippen molar-refractivity contribution in [3.8, 4) is 16.9 Å². The van der Waals surface area contributed by atoms with E-state index >= 15 is 0 Å². The van der Waals surface area contributed by atoms with Crippen LogP contribution in [0.1, 0.15) is 16.7 Å². The van der Waals surface area contributed by atoms with Crippen molar-refractivity contribution >= 4 is 17.4 Å². The van der Waals surface area contributed by atoms with Gasteiger partial charge in [0.25, 0.3) is 0 Å². The van der Waals surface area contributed by atoms with Crippen LogP contribution in [0.15, 0.2) is 42.5 Å². The first kappa shape index (κ1) is 14.3. The fourth-order valence-electron chi connectivity index (χ4n) is 3.09. The van der Waals surface area contributed by atoms with Crippen LogP contribution in [0.5, 0.6) is 0 Å². The third kappa shape index (κ3) is 2.41. The van der Waals surface area contributed by atoms with E-state index in [0.717, 1.165) is 40.8 Å². The molecule has 0 amide bonds. The molecule has 0 bridgehead atoms. The normalized spacial score (nSPS) is 13.0. The molecule has 4 heteroatoms. The number of anilines is 1. The lowest BCUT2D eigenvalue weighted by Crippen LogP contribution is -2.04. The molecule has 1 aliphatic rings. The Morgan fingerprint density at radius 3 is 2.74 bits per heavy atom. The Bertz CT molecular complexity index is 896. The van der Waals surface area contributed by atoms with Crippen molar-refractivity contribution in [3.05, 3.63) is 64.2 Å². The van der Waals surface area contributed by atoms with Crippen molar-refractivity contribution in [1.82, 2.24) is 9.78 Å². The Labute approximate surface area is 140 Å². The van der Waals surface area contributed by atoms with Crippen LogP contribution >= 0.6 is 11.6 Å². The Morgan fingerprint density at radius 1 is 1.09 bits per heavy atom. The number of aryl methyl sites for hydroxylation is 2. The third-order valence-electron chi connectivity index (χ3n) is 4.48. The summed E-state index contributed by atoms with van der Waals surface area (Å²) in [4.78, 5) is 0. The molecule has 0 aliphatic carbocycles. The lowest BCUT2D eigenvalue weighted by Gasteiger charge is -2.08. The predicted molar refractivity (Wildman–Crippen MR) is 95.7 cm³/mol. The standard InChI is InChI=1S/C19H18ClN3/c1-12-6-7-16(10-13(12)2)23-19-17(8-9-21-19)18(22-23)14-4-3-5-15(20)11-14/h3-7,10-11,21H,8-9H2,1-2H3. The molecule has 4 rings (SSSR count). The van der Waals surface area contributed by atoms with Gasteiger partial charge in [-0.15, -0.1) is 0 Å². The smallest absolute Gasteiger partial charge is 0.133 e. The molecular weight excluding hydrogens is 306 g/mol. The molecule has 3 aromatic rings. The van der Waals surface area contributed by atoms with Gasteiger partial charge in [-0.2, -0.15) is 5.10 Å². The van der Waals surface area contributed by atoms with Crippen LogP contribution in [0.25, 0.3) is 16.9 Å². The highest BCUT2D eigenvalue weighted by Crippen LogP contribution is 2.35. The molecule has 2 heterocycles. The van der Waals surface area contributed by atoms with Gasteiger partial charge in [-0.05, 0) is 55.7 Å². The number of rotatable bonds is 2. The van der Waals surface area contributed by atoms with Crippen LogP contribution in [0, 0.1) is 13.8 Å². The maximum absolute atomic E-state index is 6.16. The first-order valence-corrected chi connectivity index (χ1v) is 8.20. The van der Waals surface area contributed by atoms with Gasteiger partial charge in [-0.25, -0.2) is 4.68 Å². The molecule has 0 spiro atoms. The summed E-state index contributed by atoms with van der Waals surface area (Å²) in [5.74, 6) is 1.10. The molecule has 0 unspecified atom stereocenters. The fourth-order valence-corrected chi connectivity index (χ4v) is 3.28. The lowest BCUT2D eigenvalue weighted by molar-refractivity contribution is 0.880. The predicted octanol–water partition coefficient (Wildman–Crippen LogP) is 4.78. The molecule has 116 valence electrons. The number of nitrogens with one attached hydrogen (secondary N) is 1. The van der Waals surface area contributed by atoms with E-state index in [-0.39, 0.29) is 0 Å². The SMILES string of the molecule is Cc1ccc(-n2nc(-c3cccc(Cl)c3)c3c2NCC3)cc1C. The summed E-state index contributed by atoms with van der Waals surface area (Å²) < 4.78 is 2.02. The molecule has 0 radical (unpaired) electrons. The first-order chi connectivity index (χ1) is 11.1. The highest BCUT2D eigenvalue weighted by atomic mass is 35.5. The molecule has 1 N–H and O–H groups in total. The molecule has 0 atom stereocenters. The number of fused-ring (bicyclic) bond motifs is 1. The molecule has 23 heavy (non-hydrogen) atoms. The summed E-state index contributed by atoms with van der Waals surface area (Å²) in [7, 11) is 0. The van der Waals surface area contributed by atoms with E-state index in [0.29, 0.717) is 0 Å². The van der Waals surface area contributed by atoms with E-state index in [1.807, 2.05) is 22.9 Å². The largest absolute Gasteiger partial charge is 0.369 e. The second kappa shape index (κ2) is 5.43. The Kier molecular flexibility index (Phi) is 3.38. The number of nitrogens with zero attached hydrogens (tertiary/aromatic N) is 2. The lowest BCUT2D eigenvalue weighted by atomic mass is 10.1. The summed E-state index contributed by atoms with van der Waals surface area (Å²) in [5.41, 5.74) is 7.01. The summed E-state index contributed by atoms with van der Waals surface area (Å²) in [6, 6.07) is 14.4. The zero-order valence-corrected chi connectivity index (χ0v) is 14.0. The van der Waals surface area contributed by atoms with Crippen molar-refractivity contribution in [2.24, 2.45) is 0 Å². The van der Waals surface area contributed by atoms with Crippen LogP contribution in [-0.4, -0.2) is 16.3 Å². The van der Waals surface area contributed by atoms with Gasteiger partial charge in [0.05, 0.1) is 11.4 Å². The number of aromatic nitrogens is 2. The molecule has 0 saturated carbocycles. The second-order valence-corrected chi connectivity index (χ2v) is 6.48. The van der Waals surface area contributed by atoms with Crippen LogP contribution < -0.4 is 5.32 Å². The van der Waals surface area contributed by atoms with Gasteiger partial charge in [0, 0.05) is 22.7 Å². The number of benzene rings is 2. The third-order valence-corrected chi connectivity index (χ3v) is 4.72. The van der Waals surface area contributed by atoms with Gasteiger partial charge in [-0.3, -0.25) is 0 Å². The number of hydrogen-bond donors (Lipinski definition) is 1. The maximum atomic E-state index is 6.16. The summed E-state index contributed by atoms with van der Waals surface area (Å²) in [6.07, 6.45) is 0.988. The average molecular weight is 324 g/mol. The molecule has 2 aromatic carbocycles. The zero-order chi connectivity index (χ0) is 16.0. The van der Waals surface area contributed by atoms with Gasteiger partial charge in [0.2, 0.25) is 0 Å². The van der Waals surface area contributed by atoms with Gasteiger partial charge in [-0.1, -0.05) is 29.8 Å². The van der Waals surface area contributed by atoms with Crippen LogP contribution in [-0.2, 0) is 6.42 Å². The Morgan fingerprint density at radius 2 is 1.96 bits per heavy atom. The van der Waals surface area contributed by atoms with Crippen molar-refractivity contribution < 1.29 is 0 Å². The Hall–Kier alpha value is -2.26. The topological polar surface area (TPSA) is 29.9 Å². The molecule has 0 saturated heterocycles. The molecule has 0 fully saturated rings. The monoisotopic (exact) mass is 323 g/mol. The quantitative estimate of drug-likeness (QED) is 0.735. The summed E-state index contributed by atoms with van der Waals surface area (Å²) in [5, 5.41) is 9.09. The van der Waals surface area contributed by atoms with E-state index in [9.17, 15) is 0 Å².